The molecule has 0 atom stereocenters. The first-order valence-corrected chi connectivity index (χ1v) is 12.9. The maximum absolute atomic E-state index is 13.4. The van der Waals surface area contributed by atoms with Crippen molar-refractivity contribution in [3.63, 3.8) is 0 Å². The largest absolute Gasteiger partial charge is 0.489 e. The molecular weight excluding hydrogens is 462 g/mol. The molecule has 2 aliphatic rings. The zero-order valence-corrected chi connectivity index (χ0v) is 20.3. The highest BCUT2D eigenvalue weighted by Gasteiger charge is 2.23. The molecule has 182 valence electrons. The third-order valence-electron chi connectivity index (χ3n) is 6.29. The second kappa shape index (κ2) is 10.9. The minimum absolute atomic E-state index is 0.0671. The van der Waals surface area contributed by atoms with Crippen molar-refractivity contribution in [1.82, 2.24) is 10.3 Å². The van der Waals surface area contributed by atoms with Gasteiger partial charge in [0.05, 0.1) is 11.3 Å². The number of nitrogens with one attached hydrogen (secondary N) is 3. The standard InChI is InChI=1S/C26H29N5O3S/c32-25(29-21-10-16-35-24(21)26(33)30-23-5-1-2-11-28-23)20-7-6-18(31-14-3-4-15-31)17-22(20)34-19-8-12-27-13-9-19/h1-2,5-7,10-11,16-17,19,27H,3-4,8-9,12-15H2,(H,29,32)(H,28,30,33). The summed E-state index contributed by atoms with van der Waals surface area (Å²) >= 11 is 1.27. The zero-order chi connectivity index (χ0) is 24.0. The van der Waals surface area contributed by atoms with Crippen LogP contribution >= 0.6 is 11.3 Å². The summed E-state index contributed by atoms with van der Waals surface area (Å²) in [6.07, 6.45) is 5.83. The number of rotatable bonds is 7. The molecule has 35 heavy (non-hydrogen) atoms. The van der Waals surface area contributed by atoms with Crippen LogP contribution in [0.15, 0.2) is 54.0 Å². The van der Waals surface area contributed by atoms with Crippen molar-refractivity contribution < 1.29 is 14.3 Å². The Kier molecular flexibility index (Phi) is 7.25. The summed E-state index contributed by atoms with van der Waals surface area (Å²) in [5.74, 6) is 0.434. The molecule has 3 aromatic rings. The van der Waals surface area contributed by atoms with Crippen LogP contribution in [0.1, 0.15) is 45.7 Å². The highest BCUT2D eigenvalue weighted by Crippen LogP contribution is 2.31. The topological polar surface area (TPSA) is 95.6 Å². The molecule has 2 fully saturated rings. The van der Waals surface area contributed by atoms with E-state index in [1.54, 1.807) is 35.8 Å². The number of amides is 2. The minimum atomic E-state index is -0.315. The molecule has 5 rings (SSSR count). The van der Waals surface area contributed by atoms with Crippen LogP contribution in [0.3, 0.4) is 0 Å². The Morgan fingerprint density at radius 1 is 1.03 bits per heavy atom. The molecule has 0 saturated carbocycles. The van der Waals surface area contributed by atoms with Gasteiger partial charge in [-0.3, -0.25) is 9.59 Å². The van der Waals surface area contributed by atoms with E-state index in [1.807, 2.05) is 18.2 Å². The lowest BCUT2D eigenvalue weighted by Crippen LogP contribution is -2.34. The Labute approximate surface area is 208 Å². The van der Waals surface area contributed by atoms with Crippen LogP contribution in [0.4, 0.5) is 17.2 Å². The minimum Gasteiger partial charge on any atom is -0.489 e. The van der Waals surface area contributed by atoms with Gasteiger partial charge in [-0.25, -0.2) is 4.98 Å². The van der Waals surface area contributed by atoms with Crippen LogP contribution in [0.2, 0.25) is 0 Å². The number of carbonyl (C=O) groups is 2. The molecule has 2 aliphatic heterocycles. The molecule has 9 heteroatoms. The molecule has 2 aromatic heterocycles. The van der Waals surface area contributed by atoms with Gasteiger partial charge in [-0.15, -0.1) is 11.3 Å². The smallest absolute Gasteiger partial charge is 0.269 e. The van der Waals surface area contributed by atoms with Crippen molar-refractivity contribution in [3.8, 4) is 5.75 Å². The number of anilines is 3. The SMILES string of the molecule is O=C(Nc1ccsc1C(=O)Nc1ccccn1)c1ccc(N2CCCC2)cc1OC1CCNCC1. The summed E-state index contributed by atoms with van der Waals surface area (Å²) in [7, 11) is 0. The summed E-state index contributed by atoms with van der Waals surface area (Å²) in [6.45, 7) is 3.84. The van der Waals surface area contributed by atoms with Crippen molar-refractivity contribution in [2.45, 2.75) is 31.8 Å². The number of aromatic nitrogens is 1. The molecule has 4 heterocycles. The average molecular weight is 492 g/mol. The second-order valence-corrected chi connectivity index (χ2v) is 9.64. The predicted molar refractivity (Wildman–Crippen MR) is 139 cm³/mol. The highest BCUT2D eigenvalue weighted by atomic mass is 32.1. The summed E-state index contributed by atoms with van der Waals surface area (Å²) in [5.41, 5.74) is 2.01. The molecule has 0 spiro atoms. The zero-order valence-electron chi connectivity index (χ0n) is 19.5. The number of piperidine rings is 1. The van der Waals surface area contributed by atoms with E-state index in [0.29, 0.717) is 27.7 Å². The Morgan fingerprint density at radius 3 is 2.63 bits per heavy atom. The number of hydrogen-bond acceptors (Lipinski definition) is 7. The Hall–Kier alpha value is -3.43. The van der Waals surface area contributed by atoms with Crippen LogP contribution in [-0.2, 0) is 0 Å². The third kappa shape index (κ3) is 5.63. The lowest BCUT2D eigenvalue weighted by Gasteiger charge is -2.26. The van der Waals surface area contributed by atoms with E-state index in [4.69, 9.17) is 4.74 Å². The lowest BCUT2D eigenvalue weighted by molar-refractivity contribution is 0.101. The molecule has 0 bridgehead atoms. The number of benzene rings is 1. The fraction of sp³-hybridized carbons (Fsp3) is 0.346. The first-order valence-electron chi connectivity index (χ1n) is 12.0. The quantitative estimate of drug-likeness (QED) is 0.454. The highest BCUT2D eigenvalue weighted by molar-refractivity contribution is 7.12. The third-order valence-corrected chi connectivity index (χ3v) is 7.20. The number of carbonyl (C=O) groups excluding carboxylic acids is 2. The van der Waals surface area contributed by atoms with E-state index < -0.39 is 0 Å². The summed E-state index contributed by atoms with van der Waals surface area (Å²) in [4.78, 5) is 33.1. The van der Waals surface area contributed by atoms with E-state index in [9.17, 15) is 9.59 Å². The van der Waals surface area contributed by atoms with Gasteiger partial charge in [0.15, 0.2) is 0 Å². The number of pyridine rings is 1. The van der Waals surface area contributed by atoms with Crippen molar-refractivity contribution in [2.75, 3.05) is 41.7 Å². The fourth-order valence-electron chi connectivity index (χ4n) is 4.44. The molecule has 0 radical (unpaired) electrons. The van der Waals surface area contributed by atoms with Gasteiger partial charge in [-0.1, -0.05) is 6.07 Å². The van der Waals surface area contributed by atoms with Gasteiger partial charge in [-0.2, -0.15) is 0 Å². The van der Waals surface area contributed by atoms with E-state index in [0.717, 1.165) is 44.7 Å². The lowest BCUT2D eigenvalue weighted by atomic mass is 10.1. The van der Waals surface area contributed by atoms with Crippen LogP contribution < -0.4 is 25.6 Å². The molecule has 0 unspecified atom stereocenters. The maximum atomic E-state index is 13.4. The maximum Gasteiger partial charge on any atom is 0.269 e. The van der Waals surface area contributed by atoms with E-state index in [1.165, 1.54) is 24.2 Å². The second-order valence-electron chi connectivity index (χ2n) is 8.73. The summed E-state index contributed by atoms with van der Waals surface area (Å²) in [5, 5.41) is 10.8. The number of hydrogen-bond donors (Lipinski definition) is 3. The monoisotopic (exact) mass is 491 g/mol. The molecule has 2 amide bonds. The molecule has 3 N–H and O–H groups in total. The molecule has 8 nitrogen and oxygen atoms in total. The molecule has 1 aromatic carbocycles. The first-order chi connectivity index (χ1) is 17.2. The van der Waals surface area contributed by atoms with Gasteiger partial charge in [0.2, 0.25) is 0 Å². The molecule has 0 aliphatic carbocycles. The van der Waals surface area contributed by atoms with Crippen molar-refractivity contribution in [3.05, 3.63) is 64.5 Å². The van der Waals surface area contributed by atoms with Crippen molar-refractivity contribution in [1.29, 1.82) is 0 Å². The van der Waals surface area contributed by atoms with Gasteiger partial charge < -0.3 is 25.6 Å². The number of nitrogens with zero attached hydrogens (tertiary/aromatic N) is 2. The van der Waals surface area contributed by atoms with Crippen LogP contribution in [0.5, 0.6) is 5.75 Å². The van der Waals surface area contributed by atoms with Crippen LogP contribution in [-0.4, -0.2) is 49.1 Å². The summed E-state index contributed by atoms with van der Waals surface area (Å²) in [6, 6.07) is 12.8. The Balaban J connectivity index is 1.36. The average Bonchev–Trinajstić information content (AvgIpc) is 3.58. The first kappa shape index (κ1) is 23.3. The normalized spacial score (nSPS) is 16.2. The van der Waals surface area contributed by atoms with E-state index in [2.05, 4.69) is 25.8 Å². The van der Waals surface area contributed by atoms with Gasteiger partial charge in [0.25, 0.3) is 11.8 Å². The number of ether oxygens (including phenoxy) is 1. The van der Waals surface area contributed by atoms with Gasteiger partial charge in [0, 0.05) is 31.0 Å². The molecular formula is C26H29N5O3S. The van der Waals surface area contributed by atoms with Crippen LogP contribution in [0, 0.1) is 0 Å². The van der Waals surface area contributed by atoms with E-state index >= 15 is 0 Å². The van der Waals surface area contributed by atoms with Gasteiger partial charge >= 0.3 is 0 Å². The summed E-state index contributed by atoms with van der Waals surface area (Å²) < 4.78 is 6.37. The van der Waals surface area contributed by atoms with Gasteiger partial charge in [0.1, 0.15) is 22.5 Å². The fourth-order valence-corrected chi connectivity index (χ4v) is 5.19. The van der Waals surface area contributed by atoms with Crippen LogP contribution in [0.25, 0.3) is 0 Å². The van der Waals surface area contributed by atoms with Gasteiger partial charge in [-0.05, 0) is 74.5 Å². The van der Waals surface area contributed by atoms with E-state index in [-0.39, 0.29) is 17.9 Å². The Bertz CT molecular complexity index is 1170. The van der Waals surface area contributed by atoms with Crippen molar-refractivity contribution in [2.24, 2.45) is 0 Å². The van der Waals surface area contributed by atoms with Crippen molar-refractivity contribution >= 4 is 40.3 Å². The number of thiophene rings is 1. The molecule has 2 saturated heterocycles. The Morgan fingerprint density at radius 2 is 1.86 bits per heavy atom. The predicted octanol–water partition coefficient (Wildman–Crippen LogP) is 4.38.